The summed E-state index contributed by atoms with van der Waals surface area (Å²) in [6, 6.07) is 10.4. The van der Waals surface area contributed by atoms with Crippen LogP contribution >= 0.6 is 0 Å². The van der Waals surface area contributed by atoms with Crippen molar-refractivity contribution in [2.75, 3.05) is 6.54 Å². The molecular weight excluding hydrogens is 250 g/mol. The molecule has 0 aliphatic heterocycles. The summed E-state index contributed by atoms with van der Waals surface area (Å²) in [6.45, 7) is 7.06. The maximum Gasteiger partial charge on any atom is 0.119 e. The molecule has 1 atom stereocenters. The van der Waals surface area contributed by atoms with Crippen molar-refractivity contribution in [2.24, 2.45) is 7.05 Å². The summed E-state index contributed by atoms with van der Waals surface area (Å²) in [6.07, 6.45) is 2.16. The van der Waals surface area contributed by atoms with Gasteiger partial charge in [0.1, 0.15) is 5.75 Å². The van der Waals surface area contributed by atoms with E-state index in [2.05, 4.69) is 29.5 Å². The number of nitrogens with one attached hydrogen (secondary N) is 1. The molecule has 4 heteroatoms. The molecule has 1 aromatic heterocycles. The number of nitrogens with zero attached hydrogens (tertiary/aromatic N) is 2. The molecule has 2 rings (SSSR count). The Bertz CT molecular complexity index is 531. The van der Waals surface area contributed by atoms with E-state index in [-0.39, 0.29) is 12.1 Å². The number of aryl methyl sites for hydroxylation is 1. The van der Waals surface area contributed by atoms with Crippen molar-refractivity contribution in [3.8, 4) is 5.75 Å². The van der Waals surface area contributed by atoms with Gasteiger partial charge in [0.05, 0.1) is 17.8 Å². The van der Waals surface area contributed by atoms with Crippen LogP contribution in [0.1, 0.15) is 38.1 Å². The van der Waals surface area contributed by atoms with E-state index in [1.54, 1.807) is 0 Å². The minimum Gasteiger partial charge on any atom is -0.491 e. The zero-order valence-corrected chi connectivity index (χ0v) is 12.6. The molecule has 20 heavy (non-hydrogen) atoms. The zero-order valence-electron chi connectivity index (χ0n) is 12.6. The van der Waals surface area contributed by atoms with Crippen LogP contribution in [0.5, 0.6) is 5.75 Å². The van der Waals surface area contributed by atoms with Gasteiger partial charge in [0.2, 0.25) is 0 Å². The van der Waals surface area contributed by atoms with Crippen LogP contribution in [0.15, 0.2) is 36.5 Å². The first kappa shape index (κ1) is 14.6. The lowest BCUT2D eigenvalue weighted by atomic mass is 10.0. The highest BCUT2D eigenvalue weighted by Crippen LogP contribution is 2.23. The van der Waals surface area contributed by atoms with Crippen LogP contribution in [0.3, 0.4) is 0 Å². The lowest BCUT2D eigenvalue weighted by molar-refractivity contribution is 0.242. The molecule has 0 aliphatic rings. The molecule has 4 nitrogen and oxygen atoms in total. The number of hydrogen-bond acceptors (Lipinski definition) is 3. The molecule has 1 heterocycles. The average Bonchev–Trinajstić information content (AvgIpc) is 2.83. The van der Waals surface area contributed by atoms with Gasteiger partial charge in [0.15, 0.2) is 0 Å². The molecule has 0 spiro atoms. The maximum atomic E-state index is 5.68. The molecule has 0 amide bonds. The summed E-state index contributed by atoms with van der Waals surface area (Å²) in [7, 11) is 1.94. The van der Waals surface area contributed by atoms with Crippen molar-refractivity contribution in [3.05, 3.63) is 47.8 Å². The molecule has 2 aromatic rings. The molecule has 0 bridgehead atoms. The fraction of sp³-hybridized carbons (Fsp3) is 0.438. The number of ether oxygens (including phenoxy) is 1. The highest BCUT2D eigenvalue weighted by Gasteiger charge is 2.15. The molecule has 1 N–H and O–H groups in total. The zero-order chi connectivity index (χ0) is 14.5. The summed E-state index contributed by atoms with van der Waals surface area (Å²) >= 11 is 0. The predicted octanol–water partition coefficient (Wildman–Crippen LogP) is 2.91. The van der Waals surface area contributed by atoms with E-state index in [9.17, 15) is 0 Å². The van der Waals surface area contributed by atoms with E-state index in [0.717, 1.165) is 18.0 Å². The van der Waals surface area contributed by atoms with E-state index in [0.29, 0.717) is 0 Å². The van der Waals surface area contributed by atoms with Gasteiger partial charge in [-0.1, -0.05) is 19.1 Å². The van der Waals surface area contributed by atoms with E-state index >= 15 is 0 Å². The van der Waals surface area contributed by atoms with Crippen molar-refractivity contribution in [1.82, 2.24) is 15.1 Å². The third-order valence-electron chi connectivity index (χ3n) is 3.02. The molecule has 0 saturated heterocycles. The fourth-order valence-electron chi connectivity index (χ4n) is 2.20. The predicted molar refractivity (Wildman–Crippen MR) is 80.9 cm³/mol. The van der Waals surface area contributed by atoms with Crippen molar-refractivity contribution in [2.45, 2.75) is 32.9 Å². The van der Waals surface area contributed by atoms with Crippen LogP contribution in [0.2, 0.25) is 0 Å². The highest BCUT2D eigenvalue weighted by atomic mass is 16.5. The summed E-state index contributed by atoms with van der Waals surface area (Å²) in [5, 5.41) is 7.97. The van der Waals surface area contributed by atoms with E-state index in [1.807, 2.05) is 50.0 Å². The van der Waals surface area contributed by atoms with Gasteiger partial charge in [-0.15, -0.1) is 0 Å². The summed E-state index contributed by atoms with van der Waals surface area (Å²) < 4.78 is 7.51. The van der Waals surface area contributed by atoms with Crippen LogP contribution in [0.25, 0.3) is 0 Å². The molecule has 0 fully saturated rings. The van der Waals surface area contributed by atoms with Gasteiger partial charge in [0.25, 0.3) is 0 Å². The van der Waals surface area contributed by atoms with Crippen LogP contribution in [0, 0.1) is 0 Å². The van der Waals surface area contributed by atoms with Crippen LogP contribution in [0.4, 0.5) is 0 Å². The molecule has 1 aromatic carbocycles. The van der Waals surface area contributed by atoms with Gasteiger partial charge >= 0.3 is 0 Å². The lowest BCUT2D eigenvalue weighted by Gasteiger charge is -2.17. The largest absolute Gasteiger partial charge is 0.491 e. The van der Waals surface area contributed by atoms with E-state index in [1.165, 1.54) is 5.56 Å². The first-order valence-corrected chi connectivity index (χ1v) is 7.09. The van der Waals surface area contributed by atoms with Crippen molar-refractivity contribution in [1.29, 1.82) is 0 Å². The maximum absolute atomic E-state index is 5.68. The minimum absolute atomic E-state index is 0.120. The Morgan fingerprint density at radius 2 is 1.90 bits per heavy atom. The molecule has 1 unspecified atom stereocenters. The van der Waals surface area contributed by atoms with Crippen molar-refractivity contribution >= 4 is 0 Å². The van der Waals surface area contributed by atoms with E-state index in [4.69, 9.17) is 4.74 Å². The van der Waals surface area contributed by atoms with E-state index < -0.39 is 0 Å². The monoisotopic (exact) mass is 273 g/mol. The Balaban J connectivity index is 2.21. The van der Waals surface area contributed by atoms with Crippen molar-refractivity contribution in [3.63, 3.8) is 0 Å². The molecule has 108 valence electrons. The lowest BCUT2D eigenvalue weighted by Crippen LogP contribution is -2.22. The fourth-order valence-corrected chi connectivity index (χ4v) is 2.20. The Labute approximate surface area is 120 Å². The summed E-state index contributed by atoms with van der Waals surface area (Å²) in [5.41, 5.74) is 2.23. The standard InChI is InChI=1S/C16H23N3O/c1-5-17-16(15-10-11-19(4)18-15)13-6-8-14(9-7-13)20-12(2)3/h6-12,16-17H,5H2,1-4H3. The third kappa shape index (κ3) is 3.61. The first-order chi connectivity index (χ1) is 9.60. The number of hydrogen-bond donors (Lipinski definition) is 1. The highest BCUT2D eigenvalue weighted by molar-refractivity contribution is 5.33. The Kier molecular flexibility index (Phi) is 4.79. The second-order valence-electron chi connectivity index (χ2n) is 5.14. The SMILES string of the molecule is CCNC(c1ccc(OC(C)C)cc1)c1ccn(C)n1. The molecule has 0 radical (unpaired) electrons. The Morgan fingerprint density at radius 3 is 2.40 bits per heavy atom. The summed E-state index contributed by atoms with van der Waals surface area (Å²) in [4.78, 5) is 0. The first-order valence-electron chi connectivity index (χ1n) is 7.09. The van der Waals surface area contributed by atoms with Gasteiger partial charge in [-0.05, 0) is 44.2 Å². The van der Waals surface area contributed by atoms with Crippen LogP contribution in [-0.4, -0.2) is 22.4 Å². The molecule has 0 saturated carbocycles. The smallest absolute Gasteiger partial charge is 0.119 e. The number of aromatic nitrogens is 2. The average molecular weight is 273 g/mol. The van der Waals surface area contributed by atoms with Gasteiger partial charge in [-0.25, -0.2) is 0 Å². The van der Waals surface area contributed by atoms with Gasteiger partial charge in [-0.3, -0.25) is 4.68 Å². The van der Waals surface area contributed by atoms with Crippen LogP contribution in [-0.2, 0) is 7.05 Å². The Hall–Kier alpha value is -1.81. The van der Waals surface area contributed by atoms with Gasteiger partial charge < -0.3 is 10.1 Å². The van der Waals surface area contributed by atoms with Crippen molar-refractivity contribution < 1.29 is 4.74 Å². The molecule has 0 aliphatic carbocycles. The second-order valence-corrected chi connectivity index (χ2v) is 5.14. The van der Waals surface area contributed by atoms with Crippen LogP contribution < -0.4 is 10.1 Å². The topological polar surface area (TPSA) is 39.1 Å². The second kappa shape index (κ2) is 6.57. The normalized spacial score (nSPS) is 12.7. The summed E-state index contributed by atoms with van der Waals surface area (Å²) in [5.74, 6) is 0.903. The van der Waals surface area contributed by atoms with Gasteiger partial charge in [-0.2, -0.15) is 5.10 Å². The third-order valence-corrected chi connectivity index (χ3v) is 3.02. The quantitative estimate of drug-likeness (QED) is 0.879. The number of benzene rings is 1. The van der Waals surface area contributed by atoms with Gasteiger partial charge in [0, 0.05) is 13.2 Å². The number of rotatable bonds is 6. The molecular formula is C16H23N3O. The Morgan fingerprint density at radius 1 is 1.20 bits per heavy atom. The minimum atomic E-state index is 0.120.